The molecule has 0 radical (unpaired) electrons. The van der Waals surface area contributed by atoms with Gasteiger partial charge >= 0.3 is 0 Å². The number of nitrogens with zero attached hydrogens (tertiary/aromatic N) is 2. The van der Waals surface area contributed by atoms with E-state index in [2.05, 4.69) is 17.3 Å². The molecule has 18 heavy (non-hydrogen) atoms. The lowest BCUT2D eigenvalue weighted by Gasteiger charge is -2.09. The molecule has 0 saturated carbocycles. The Morgan fingerprint density at radius 3 is 2.94 bits per heavy atom. The number of aryl methyl sites for hydroxylation is 2. The molecule has 0 aliphatic carbocycles. The van der Waals surface area contributed by atoms with Crippen LogP contribution in [0.15, 0.2) is 6.07 Å². The minimum absolute atomic E-state index is 0.0437. The summed E-state index contributed by atoms with van der Waals surface area (Å²) in [7, 11) is 0. The van der Waals surface area contributed by atoms with Crippen LogP contribution >= 0.6 is 0 Å². The third kappa shape index (κ3) is 4.14. The van der Waals surface area contributed by atoms with Crippen LogP contribution in [0.25, 0.3) is 0 Å². The number of rotatable bonds is 7. The summed E-state index contributed by atoms with van der Waals surface area (Å²) in [6, 6.07) is 1.82. The number of amides is 1. The van der Waals surface area contributed by atoms with E-state index in [1.54, 1.807) is 4.68 Å². The maximum absolute atomic E-state index is 12.0. The lowest BCUT2D eigenvalue weighted by atomic mass is 10.1. The van der Waals surface area contributed by atoms with Crippen molar-refractivity contribution in [2.24, 2.45) is 11.7 Å². The molecule has 5 heteroatoms. The first-order chi connectivity index (χ1) is 8.58. The molecule has 0 fully saturated rings. The highest BCUT2D eigenvalue weighted by molar-refractivity contribution is 5.92. The molecule has 0 bridgehead atoms. The minimum atomic E-state index is -0.0437. The van der Waals surface area contributed by atoms with Gasteiger partial charge in [0.2, 0.25) is 0 Å². The normalized spacial score (nSPS) is 12.4. The number of carbonyl (C=O) groups excluding carboxylic acids is 1. The van der Waals surface area contributed by atoms with Gasteiger partial charge in [-0.3, -0.25) is 9.48 Å². The predicted molar refractivity (Wildman–Crippen MR) is 72.4 cm³/mol. The first kappa shape index (κ1) is 14.7. The Labute approximate surface area is 109 Å². The largest absolute Gasteiger partial charge is 0.351 e. The van der Waals surface area contributed by atoms with Gasteiger partial charge in [-0.2, -0.15) is 5.10 Å². The molecule has 0 aliphatic rings. The molecule has 1 aromatic rings. The maximum atomic E-state index is 12.0. The predicted octanol–water partition coefficient (Wildman–Crippen LogP) is 1.32. The van der Waals surface area contributed by atoms with E-state index in [0.29, 0.717) is 31.2 Å². The summed E-state index contributed by atoms with van der Waals surface area (Å²) in [6.07, 6.45) is 2.01. The SMILES string of the molecule is CCn1nc(C)cc1C(=O)NCCCC(C)CN. The number of hydrogen-bond donors (Lipinski definition) is 2. The topological polar surface area (TPSA) is 72.9 Å². The molecule has 0 saturated heterocycles. The summed E-state index contributed by atoms with van der Waals surface area (Å²) in [5.41, 5.74) is 7.06. The highest BCUT2D eigenvalue weighted by Gasteiger charge is 2.12. The fourth-order valence-electron chi connectivity index (χ4n) is 1.83. The zero-order chi connectivity index (χ0) is 13.5. The van der Waals surface area contributed by atoms with Crippen molar-refractivity contribution < 1.29 is 4.79 Å². The van der Waals surface area contributed by atoms with Crippen molar-refractivity contribution in [1.82, 2.24) is 15.1 Å². The van der Waals surface area contributed by atoms with Crippen LogP contribution in [0, 0.1) is 12.8 Å². The Hall–Kier alpha value is -1.36. The van der Waals surface area contributed by atoms with E-state index in [0.717, 1.165) is 18.5 Å². The fourth-order valence-corrected chi connectivity index (χ4v) is 1.83. The van der Waals surface area contributed by atoms with Crippen molar-refractivity contribution in [3.05, 3.63) is 17.5 Å². The molecule has 1 unspecified atom stereocenters. The monoisotopic (exact) mass is 252 g/mol. The van der Waals surface area contributed by atoms with Crippen molar-refractivity contribution in [3.63, 3.8) is 0 Å². The molecule has 0 aromatic carbocycles. The van der Waals surface area contributed by atoms with Gasteiger partial charge in [0.05, 0.1) is 5.69 Å². The Kier molecular flexibility index (Phi) is 5.85. The molecule has 0 aliphatic heterocycles. The number of hydrogen-bond acceptors (Lipinski definition) is 3. The van der Waals surface area contributed by atoms with E-state index < -0.39 is 0 Å². The van der Waals surface area contributed by atoms with Gasteiger partial charge in [-0.1, -0.05) is 6.92 Å². The Morgan fingerprint density at radius 1 is 1.61 bits per heavy atom. The second kappa shape index (κ2) is 7.16. The zero-order valence-corrected chi connectivity index (χ0v) is 11.6. The summed E-state index contributed by atoms with van der Waals surface area (Å²) in [5.74, 6) is 0.475. The van der Waals surface area contributed by atoms with Crippen LogP contribution in [0.3, 0.4) is 0 Å². The molecule has 0 spiro atoms. The van der Waals surface area contributed by atoms with Crippen molar-refractivity contribution in [3.8, 4) is 0 Å². The number of nitrogens with one attached hydrogen (secondary N) is 1. The number of aromatic nitrogens is 2. The van der Waals surface area contributed by atoms with Gasteiger partial charge in [-0.05, 0) is 45.2 Å². The van der Waals surface area contributed by atoms with Crippen LogP contribution in [-0.2, 0) is 6.54 Å². The minimum Gasteiger partial charge on any atom is -0.351 e. The van der Waals surface area contributed by atoms with Gasteiger partial charge in [0.15, 0.2) is 0 Å². The zero-order valence-electron chi connectivity index (χ0n) is 11.6. The highest BCUT2D eigenvalue weighted by atomic mass is 16.2. The Balaban J connectivity index is 2.40. The molecule has 102 valence electrons. The molecule has 1 rings (SSSR count). The average Bonchev–Trinajstić information content (AvgIpc) is 2.75. The van der Waals surface area contributed by atoms with Crippen molar-refractivity contribution in [1.29, 1.82) is 0 Å². The first-order valence-corrected chi connectivity index (χ1v) is 6.61. The van der Waals surface area contributed by atoms with E-state index in [-0.39, 0.29) is 5.91 Å². The van der Waals surface area contributed by atoms with E-state index >= 15 is 0 Å². The summed E-state index contributed by atoms with van der Waals surface area (Å²) in [4.78, 5) is 12.0. The molecule has 5 nitrogen and oxygen atoms in total. The lowest BCUT2D eigenvalue weighted by molar-refractivity contribution is 0.0942. The van der Waals surface area contributed by atoms with E-state index in [4.69, 9.17) is 5.73 Å². The summed E-state index contributed by atoms with van der Waals surface area (Å²) >= 11 is 0. The van der Waals surface area contributed by atoms with Crippen molar-refractivity contribution >= 4 is 5.91 Å². The number of carbonyl (C=O) groups is 1. The van der Waals surface area contributed by atoms with Crippen LogP contribution in [-0.4, -0.2) is 28.8 Å². The third-order valence-corrected chi connectivity index (χ3v) is 3.00. The van der Waals surface area contributed by atoms with Crippen LogP contribution in [0.1, 0.15) is 42.9 Å². The van der Waals surface area contributed by atoms with Crippen LogP contribution in [0.2, 0.25) is 0 Å². The fraction of sp³-hybridized carbons (Fsp3) is 0.692. The second-order valence-electron chi connectivity index (χ2n) is 4.73. The molecular formula is C13H24N4O. The molecule has 1 amide bonds. The third-order valence-electron chi connectivity index (χ3n) is 3.00. The van der Waals surface area contributed by atoms with E-state index in [1.807, 2.05) is 19.9 Å². The standard InChI is InChI=1S/C13H24N4O/c1-4-17-12(8-11(3)16-17)13(18)15-7-5-6-10(2)9-14/h8,10H,4-7,9,14H2,1-3H3,(H,15,18). The Bertz CT molecular complexity index is 386. The summed E-state index contributed by atoms with van der Waals surface area (Å²) in [5, 5.41) is 7.19. The lowest BCUT2D eigenvalue weighted by Crippen LogP contribution is -2.27. The highest BCUT2D eigenvalue weighted by Crippen LogP contribution is 2.05. The van der Waals surface area contributed by atoms with Crippen molar-refractivity contribution in [2.45, 2.75) is 40.2 Å². The summed E-state index contributed by atoms with van der Waals surface area (Å²) < 4.78 is 1.73. The molecular weight excluding hydrogens is 228 g/mol. The molecule has 1 atom stereocenters. The second-order valence-corrected chi connectivity index (χ2v) is 4.73. The van der Waals surface area contributed by atoms with Gasteiger partial charge in [-0.15, -0.1) is 0 Å². The molecule has 1 heterocycles. The summed E-state index contributed by atoms with van der Waals surface area (Å²) in [6.45, 7) is 8.10. The average molecular weight is 252 g/mol. The Morgan fingerprint density at radius 2 is 2.33 bits per heavy atom. The van der Waals surface area contributed by atoms with Crippen LogP contribution < -0.4 is 11.1 Å². The smallest absolute Gasteiger partial charge is 0.269 e. The van der Waals surface area contributed by atoms with Gasteiger partial charge in [0, 0.05) is 13.1 Å². The quantitative estimate of drug-likeness (QED) is 0.719. The van der Waals surface area contributed by atoms with Gasteiger partial charge < -0.3 is 11.1 Å². The van der Waals surface area contributed by atoms with Gasteiger partial charge in [-0.25, -0.2) is 0 Å². The van der Waals surface area contributed by atoms with Gasteiger partial charge in [0.25, 0.3) is 5.91 Å². The van der Waals surface area contributed by atoms with Crippen molar-refractivity contribution in [2.75, 3.05) is 13.1 Å². The van der Waals surface area contributed by atoms with E-state index in [1.165, 1.54) is 0 Å². The van der Waals surface area contributed by atoms with E-state index in [9.17, 15) is 4.79 Å². The van der Waals surface area contributed by atoms with Gasteiger partial charge in [0.1, 0.15) is 5.69 Å². The molecule has 1 aromatic heterocycles. The molecule has 3 N–H and O–H groups in total. The van der Waals surface area contributed by atoms with Crippen LogP contribution in [0.5, 0.6) is 0 Å². The number of nitrogens with two attached hydrogens (primary N) is 1. The maximum Gasteiger partial charge on any atom is 0.269 e. The first-order valence-electron chi connectivity index (χ1n) is 6.61. The van der Waals surface area contributed by atoms with Crippen LogP contribution in [0.4, 0.5) is 0 Å².